The van der Waals surface area contributed by atoms with Crippen LogP contribution in [0.4, 0.5) is 0 Å². The summed E-state index contributed by atoms with van der Waals surface area (Å²) in [4.78, 5) is 0. The first kappa shape index (κ1) is 12.0. The van der Waals surface area contributed by atoms with Crippen LogP contribution in [0.5, 0.6) is 0 Å². The lowest BCUT2D eigenvalue weighted by Crippen LogP contribution is -2.60. The maximum absolute atomic E-state index is 6.53. The quantitative estimate of drug-likeness (QED) is 0.619. The van der Waals surface area contributed by atoms with Crippen LogP contribution in [0.15, 0.2) is 0 Å². The molecule has 0 aliphatic carbocycles. The molecular weight excluding hydrogens is 236 g/mol. The van der Waals surface area contributed by atoms with E-state index in [0.29, 0.717) is 0 Å². The van der Waals surface area contributed by atoms with Crippen molar-refractivity contribution in [3.05, 3.63) is 0 Å². The Labute approximate surface area is 96.9 Å². The topological polar surface area (TPSA) is 18.5 Å². The Balaban J connectivity index is 2.12. The first-order valence-electron chi connectivity index (χ1n) is 6.23. The van der Waals surface area contributed by atoms with Gasteiger partial charge in [-0.15, -0.1) is 0 Å². The van der Waals surface area contributed by atoms with Gasteiger partial charge in [0.05, 0.1) is 0 Å². The van der Waals surface area contributed by atoms with Crippen LogP contribution in [-0.4, -0.2) is 25.2 Å². The fourth-order valence-corrected chi connectivity index (χ4v) is 18.5. The van der Waals surface area contributed by atoms with E-state index in [9.17, 15) is 0 Å². The van der Waals surface area contributed by atoms with Gasteiger partial charge < -0.3 is 8.23 Å². The first-order chi connectivity index (χ1) is 6.83. The van der Waals surface area contributed by atoms with Crippen LogP contribution in [-0.2, 0) is 8.23 Å². The third-order valence-electron chi connectivity index (χ3n) is 3.60. The highest BCUT2D eigenvalue weighted by molar-refractivity contribution is 6.90. The van der Waals surface area contributed by atoms with Gasteiger partial charge in [-0.05, 0) is 50.4 Å². The molecule has 0 N–H and O–H groups in total. The molecule has 0 saturated carbocycles. The van der Waals surface area contributed by atoms with Crippen LogP contribution in [0, 0.1) is 0 Å². The van der Waals surface area contributed by atoms with Crippen LogP contribution in [0.3, 0.4) is 0 Å². The van der Waals surface area contributed by atoms with Crippen molar-refractivity contribution in [1.82, 2.24) is 0 Å². The molecule has 1 spiro atoms. The van der Waals surface area contributed by atoms with Gasteiger partial charge in [0.2, 0.25) is 0 Å². The molecule has 0 atom stereocenters. The fraction of sp³-hybridized carbons (Fsp3) is 1.00. The molecule has 0 aromatic rings. The second-order valence-electron chi connectivity index (χ2n) is 6.34. The lowest BCUT2D eigenvalue weighted by atomic mass is 10.6. The monoisotopic (exact) mass is 260 g/mol. The van der Waals surface area contributed by atoms with Gasteiger partial charge in [0.25, 0.3) is 0 Å². The summed E-state index contributed by atoms with van der Waals surface area (Å²) in [6.07, 6.45) is 2.74. The van der Waals surface area contributed by atoms with Gasteiger partial charge in [-0.2, -0.15) is 0 Å². The van der Waals surface area contributed by atoms with Crippen LogP contribution in [0.1, 0.15) is 12.8 Å². The zero-order valence-electron chi connectivity index (χ0n) is 10.6. The summed E-state index contributed by atoms with van der Waals surface area (Å²) < 4.78 is 13.1. The van der Waals surface area contributed by atoms with Gasteiger partial charge in [-0.1, -0.05) is 12.8 Å². The first-order valence-corrected chi connectivity index (χ1v) is 14.7. The van der Waals surface area contributed by atoms with Crippen molar-refractivity contribution in [3.8, 4) is 0 Å². The molecule has 2 aliphatic heterocycles. The van der Waals surface area contributed by atoms with E-state index >= 15 is 0 Å². The third-order valence-corrected chi connectivity index (χ3v) is 16.3. The summed E-state index contributed by atoms with van der Waals surface area (Å²) in [5.74, 6) is 0. The Morgan fingerprint density at radius 3 is 1.40 bits per heavy atom. The Hall–Kier alpha value is 0.571. The van der Waals surface area contributed by atoms with Crippen molar-refractivity contribution in [2.45, 2.75) is 63.2 Å². The zero-order chi connectivity index (χ0) is 11.2. The molecule has 2 aliphatic rings. The van der Waals surface area contributed by atoms with Gasteiger partial charge in [0.15, 0.2) is 16.6 Å². The average Bonchev–Trinajstić information content (AvgIpc) is 1.98. The van der Waals surface area contributed by atoms with E-state index in [1.165, 1.54) is 37.0 Å². The van der Waals surface area contributed by atoms with Gasteiger partial charge in [-0.25, -0.2) is 0 Å². The average molecular weight is 261 g/mol. The molecular formula is C10H24O2Si3. The molecule has 5 heteroatoms. The van der Waals surface area contributed by atoms with Crippen molar-refractivity contribution in [1.29, 1.82) is 0 Å². The van der Waals surface area contributed by atoms with E-state index in [-0.39, 0.29) is 0 Å². The Bertz CT molecular complexity index is 227. The van der Waals surface area contributed by atoms with E-state index < -0.39 is 25.2 Å². The summed E-state index contributed by atoms with van der Waals surface area (Å²) in [5.41, 5.74) is 0. The molecule has 2 rings (SSSR count). The maximum atomic E-state index is 6.53. The Kier molecular flexibility index (Phi) is 3.05. The number of rotatable bonds is 0. The standard InChI is InChI=1S/C10H24O2Si3/c1-13(2)7-5-9-15(11-13)10-6-8-14(3,4)12-15/h5-10H2,1-4H3. The highest BCUT2D eigenvalue weighted by Gasteiger charge is 2.51. The molecule has 2 heterocycles. The molecule has 0 radical (unpaired) electrons. The van der Waals surface area contributed by atoms with Crippen molar-refractivity contribution >= 4 is 25.2 Å². The van der Waals surface area contributed by atoms with E-state index in [2.05, 4.69) is 26.2 Å². The summed E-state index contributed by atoms with van der Waals surface area (Å²) in [5, 5.41) is 0. The summed E-state index contributed by atoms with van der Waals surface area (Å²) in [6.45, 7) is 9.47. The number of hydrogen-bond acceptors (Lipinski definition) is 2. The highest BCUT2D eigenvalue weighted by Crippen LogP contribution is 2.41. The molecule has 2 nitrogen and oxygen atoms in total. The van der Waals surface area contributed by atoms with Crippen molar-refractivity contribution < 1.29 is 8.23 Å². The van der Waals surface area contributed by atoms with E-state index in [4.69, 9.17) is 8.23 Å². The van der Waals surface area contributed by atoms with E-state index in [1.807, 2.05) is 0 Å². The molecule has 0 aromatic carbocycles. The van der Waals surface area contributed by atoms with Crippen LogP contribution < -0.4 is 0 Å². The molecule has 15 heavy (non-hydrogen) atoms. The zero-order valence-corrected chi connectivity index (χ0v) is 13.6. The molecule has 0 unspecified atom stereocenters. The summed E-state index contributed by atoms with van der Waals surface area (Å²) >= 11 is 0. The normalized spacial score (nSPS) is 32.8. The summed E-state index contributed by atoms with van der Waals surface area (Å²) in [6, 6.07) is 5.24. The lowest BCUT2D eigenvalue weighted by molar-refractivity contribution is 0.339. The Morgan fingerprint density at radius 2 is 1.07 bits per heavy atom. The molecule has 2 saturated heterocycles. The van der Waals surface area contributed by atoms with Crippen molar-refractivity contribution in [3.63, 3.8) is 0 Å². The molecule has 0 bridgehead atoms. The third kappa shape index (κ3) is 2.82. The van der Waals surface area contributed by atoms with Gasteiger partial charge in [-0.3, -0.25) is 0 Å². The SMILES string of the molecule is C[Si]1(C)CCC[Si]2(CCC[Si](C)(C)O2)O1. The highest BCUT2D eigenvalue weighted by atomic mass is 28.5. The predicted molar refractivity (Wildman–Crippen MR) is 71.4 cm³/mol. The largest absolute Gasteiger partial charge is 0.436 e. The van der Waals surface area contributed by atoms with Crippen molar-refractivity contribution in [2.75, 3.05) is 0 Å². The molecule has 0 amide bonds. The van der Waals surface area contributed by atoms with Crippen LogP contribution in [0.25, 0.3) is 0 Å². The Morgan fingerprint density at radius 1 is 0.667 bits per heavy atom. The van der Waals surface area contributed by atoms with Gasteiger partial charge >= 0.3 is 8.56 Å². The smallest absolute Gasteiger partial charge is 0.317 e. The van der Waals surface area contributed by atoms with E-state index in [0.717, 1.165) is 0 Å². The second-order valence-corrected chi connectivity index (χ2v) is 18.8. The molecule has 88 valence electrons. The minimum Gasteiger partial charge on any atom is -0.436 e. The molecule has 0 aromatic heterocycles. The molecule has 2 fully saturated rings. The second kappa shape index (κ2) is 3.80. The van der Waals surface area contributed by atoms with Gasteiger partial charge in [0, 0.05) is 0 Å². The maximum Gasteiger partial charge on any atom is 0.317 e. The van der Waals surface area contributed by atoms with Gasteiger partial charge in [0.1, 0.15) is 0 Å². The van der Waals surface area contributed by atoms with Crippen LogP contribution >= 0.6 is 0 Å². The number of hydrogen-bond donors (Lipinski definition) is 0. The van der Waals surface area contributed by atoms with Crippen LogP contribution in [0.2, 0.25) is 50.4 Å². The lowest BCUT2D eigenvalue weighted by Gasteiger charge is -2.49. The summed E-state index contributed by atoms with van der Waals surface area (Å²) in [7, 11) is -4.42. The predicted octanol–water partition coefficient (Wildman–Crippen LogP) is 3.68. The fourth-order valence-electron chi connectivity index (χ4n) is 3.03. The minimum atomic E-state index is -1.72. The minimum absolute atomic E-state index is 1.28. The van der Waals surface area contributed by atoms with E-state index in [1.54, 1.807) is 0 Å². The van der Waals surface area contributed by atoms with Crippen molar-refractivity contribution in [2.24, 2.45) is 0 Å².